The average Bonchev–Trinajstić information content (AvgIpc) is 3.10. The maximum absolute atomic E-state index is 9.23. The highest BCUT2D eigenvalue weighted by molar-refractivity contribution is 5.49. The van der Waals surface area contributed by atoms with Gasteiger partial charge in [0.25, 0.3) is 0 Å². The topological polar surface area (TPSA) is 35.8 Å². The summed E-state index contributed by atoms with van der Waals surface area (Å²) in [6.07, 6.45) is 13.3. The molecule has 162 valence electrons. The van der Waals surface area contributed by atoms with Crippen molar-refractivity contribution in [3.63, 3.8) is 0 Å². The predicted octanol–water partition coefficient (Wildman–Crippen LogP) is 7.26. The maximum atomic E-state index is 9.23. The second-order valence-corrected chi connectivity index (χ2v) is 11.7. The van der Waals surface area contributed by atoms with E-state index in [1.807, 2.05) is 18.2 Å². The van der Waals surface area contributed by atoms with Gasteiger partial charge in [-0.3, -0.25) is 0 Å². The lowest BCUT2D eigenvalue weighted by atomic mass is 9.49. The summed E-state index contributed by atoms with van der Waals surface area (Å²) < 4.78 is 0. The minimum Gasteiger partial charge on any atom is -0.382 e. The number of nitrogens with one attached hydrogen (secondary N) is 1. The summed E-state index contributed by atoms with van der Waals surface area (Å²) in [4.78, 5) is 0. The third-order valence-electron chi connectivity index (χ3n) is 10.3. The minimum absolute atomic E-state index is 0.470. The number of hydrogen-bond donors (Lipinski definition) is 1. The van der Waals surface area contributed by atoms with E-state index in [0.717, 1.165) is 52.7 Å². The molecule has 4 aliphatic carbocycles. The number of nitrogens with zero attached hydrogens (tertiary/aromatic N) is 1. The first-order valence-electron chi connectivity index (χ1n) is 12.8. The van der Waals surface area contributed by atoms with Gasteiger partial charge in [-0.15, -0.1) is 0 Å². The molecule has 0 heterocycles. The first-order valence-corrected chi connectivity index (χ1v) is 12.8. The van der Waals surface area contributed by atoms with Gasteiger partial charge in [-0.25, -0.2) is 0 Å². The molecule has 0 aliphatic heterocycles. The van der Waals surface area contributed by atoms with E-state index in [2.05, 4.69) is 38.2 Å². The van der Waals surface area contributed by atoms with Gasteiger partial charge in [-0.1, -0.05) is 26.3 Å². The summed E-state index contributed by atoms with van der Waals surface area (Å²) in [6.45, 7) is 7.52. The van der Waals surface area contributed by atoms with Crippen LogP contribution in [-0.2, 0) is 0 Å². The quantitative estimate of drug-likeness (QED) is 0.575. The van der Waals surface area contributed by atoms with Crippen LogP contribution in [-0.4, -0.2) is 6.04 Å². The predicted molar refractivity (Wildman–Crippen MR) is 124 cm³/mol. The molecule has 0 spiro atoms. The highest BCUT2D eigenvalue weighted by atomic mass is 14.9. The SMILES string of the molecule is C[C@H]1CC[C@@H]2C3CC[C@@]4(C)C(CCC4[C@H](C)Nc4cccc(C#N)c4)[C@@H]3CC[C@@H]2C1. The lowest BCUT2D eigenvalue weighted by Gasteiger charge is -2.56. The van der Waals surface area contributed by atoms with Crippen LogP contribution in [0.15, 0.2) is 24.3 Å². The zero-order chi connectivity index (χ0) is 20.9. The summed E-state index contributed by atoms with van der Waals surface area (Å²) >= 11 is 0. The van der Waals surface area contributed by atoms with E-state index in [-0.39, 0.29) is 0 Å². The second kappa shape index (κ2) is 7.89. The van der Waals surface area contributed by atoms with Gasteiger partial charge in [0.05, 0.1) is 11.6 Å². The Morgan fingerprint density at radius 1 is 1.03 bits per heavy atom. The Bertz CT molecular complexity index is 809. The van der Waals surface area contributed by atoms with Crippen LogP contribution in [0.25, 0.3) is 0 Å². The average molecular weight is 405 g/mol. The van der Waals surface area contributed by atoms with E-state index in [1.54, 1.807) is 0 Å². The molecule has 1 aromatic carbocycles. The molecule has 30 heavy (non-hydrogen) atoms. The van der Waals surface area contributed by atoms with Crippen molar-refractivity contribution in [2.75, 3.05) is 5.32 Å². The Morgan fingerprint density at radius 3 is 2.70 bits per heavy atom. The first-order chi connectivity index (χ1) is 14.5. The monoisotopic (exact) mass is 404 g/mol. The molecular weight excluding hydrogens is 364 g/mol. The van der Waals surface area contributed by atoms with Gasteiger partial charge in [0.2, 0.25) is 0 Å². The minimum atomic E-state index is 0.470. The normalized spacial score (nSPS) is 43.6. The fourth-order valence-electron chi connectivity index (χ4n) is 8.99. The summed E-state index contributed by atoms with van der Waals surface area (Å²) in [5, 5.41) is 13.0. The van der Waals surface area contributed by atoms with Gasteiger partial charge < -0.3 is 5.32 Å². The van der Waals surface area contributed by atoms with Crippen LogP contribution in [0.5, 0.6) is 0 Å². The summed E-state index contributed by atoms with van der Waals surface area (Å²) in [7, 11) is 0. The molecule has 0 amide bonds. The second-order valence-electron chi connectivity index (χ2n) is 11.7. The highest BCUT2D eigenvalue weighted by Crippen LogP contribution is 2.65. The summed E-state index contributed by atoms with van der Waals surface area (Å²) in [5.41, 5.74) is 2.36. The fourth-order valence-corrected chi connectivity index (χ4v) is 8.99. The zero-order valence-corrected chi connectivity index (χ0v) is 19.2. The Balaban J connectivity index is 1.31. The van der Waals surface area contributed by atoms with Crippen molar-refractivity contribution >= 4 is 5.69 Å². The molecule has 0 radical (unpaired) electrons. The zero-order valence-electron chi connectivity index (χ0n) is 19.2. The molecule has 2 heteroatoms. The summed E-state index contributed by atoms with van der Waals surface area (Å²) in [6, 6.07) is 10.8. The van der Waals surface area contributed by atoms with E-state index < -0.39 is 0 Å². The van der Waals surface area contributed by atoms with Gasteiger partial charge in [0, 0.05) is 11.7 Å². The molecule has 1 aromatic rings. The highest BCUT2D eigenvalue weighted by Gasteiger charge is 2.57. The number of rotatable bonds is 3. The molecule has 3 unspecified atom stereocenters. The van der Waals surface area contributed by atoms with Crippen LogP contribution in [0.2, 0.25) is 0 Å². The lowest BCUT2D eigenvalue weighted by molar-refractivity contribution is -0.0683. The molecule has 9 atom stereocenters. The Morgan fingerprint density at radius 2 is 1.87 bits per heavy atom. The van der Waals surface area contributed by atoms with Crippen molar-refractivity contribution in [3.8, 4) is 6.07 Å². The fraction of sp³-hybridized carbons (Fsp3) is 0.750. The van der Waals surface area contributed by atoms with Crippen LogP contribution < -0.4 is 5.32 Å². The standard InChI is InChI=1S/C28H40N2/c1-18-7-9-23-21(15-18)8-10-25-24(23)13-14-28(3)26(11-12-27(25)28)19(2)30-22-6-4-5-20(16-22)17-29/h4-6,16,18-19,21,23-27,30H,7-15H2,1-3H3/t18-,19-,21+,23-,24?,25+,26?,27?,28+/m0/s1. The number of anilines is 1. The van der Waals surface area contributed by atoms with E-state index in [1.165, 1.54) is 57.8 Å². The Hall–Kier alpha value is -1.49. The number of benzene rings is 1. The van der Waals surface area contributed by atoms with Crippen LogP contribution >= 0.6 is 0 Å². The van der Waals surface area contributed by atoms with Crippen LogP contribution in [0.4, 0.5) is 5.69 Å². The van der Waals surface area contributed by atoms with Crippen molar-refractivity contribution in [1.82, 2.24) is 0 Å². The molecular formula is C28H40N2. The molecule has 4 fully saturated rings. The summed E-state index contributed by atoms with van der Waals surface area (Å²) in [5.74, 6) is 6.78. The largest absolute Gasteiger partial charge is 0.382 e. The van der Waals surface area contributed by atoms with Gasteiger partial charge in [-0.05, 0) is 123 Å². The molecule has 5 rings (SSSR count). The first kappa shape index (κ1) is 20.4. The number of hydrogen-bond acceptors (Lipinski definition) is 2. The van der Waals surface area contributed by atoms with Crippen molar-refractivity contribution < 1.29 is 0 Å². The van der Waals surface area contributed by atoms with Crippen molar-refractivity contribution in [1.29, 1.82) is 5.26 Å². The van der Waals surface area contributed by atoms with Crippen LogP contribution in [0.1, 0.15) is 84.1 Å². The molecule has 2 nitrogen and oxygen atoms in total. The molecule has 0 saturated heterocycles. The molecule has 1 N–H and O–H groups in total. The van der Waals surface area contributed by atoms with Crippen molar-refractivity contribution in [2.24, 2.45) is 46.8 Å². The molecule has 0 bridgehead atoms. The van der Waals surface area contributed by atoms with E-state index in [0.29, 0.717) is 11.5 Å². The van der Waals surface area contributed by atoms with Gasteiger partial charge in [-0.2, -0.15) is 5.26 Å². The molecule has 4 saturated carbocycles. The van der Waals surface area contributed by atoms with Gasteiger partial charge in [0.15, 0.2) is 0 Å². The van der Waals surface area contributed by atoms with Gasteiger partial charge in [0.1, 0.15) is 0 Å². The van der Waals surface area contributed by atoms with E-state index in [9.17, 15) is 5.26 Å². The smallest absolute Gasteiger partial charge is 0.0992 e. The van der Waals surface area contributed by atoms with Crippen molar-refractivity contribution in [3.05, 3.63) is 29.8 Å². The lowest BCUT2D eigenvalue weighted by Crippen LogP contribution is -2.50. The van der Waals surface area contributed by atoms with Crippen molar-refractivity contribution in [2.45, 2.75) is 84.6 Å². The van der Waals surface area contributed by atoms with Crippen LogP contribution in [0, 0.1) is 58.2 Å². The van der Waals surface area contributed by atoms with Crippen LogP contribution in [0.3, 0.4) is 0 Å². The Labute approximate surface area is 183 Å². The maximum Gasteiger partial charge on any atom is 0.0992 e. The Kier molecular flexibility index (Phi) is 5.37. The third kappa shape index (κ3) is 3.37. The van der Waals surface area contributed by atoms with Gasteiger partial charge >= 0.3 is 0 Å². The van der Waals surface area contributed by atoms with E-state index in [4.69, 9.17) is 0 Å². The number of nitriles is 1. The number of fused-ring (bicyclic) bond motifs is 5. The molecule has 0 aromatic heterocycles. The molecule has 4 aliphatic rings. The third-order valence-corrected chi connectivity index (χ3v) is 10.3. The van der Waals surface area contributed by atoms with E-state index >= 15 is 0 Å².